The fourth-order valence-electron chi connectivity index (χ4n) is 6.19. The van der Waals surface area contributed by atoms with Gasteiger partial charge in [0.25, 0.3) is 0 Å². The predicted molar refractivity (Wildman–Crippen MR) is 172 cm³/mol. The Morgan fingerprint density at radius 3 is 2.00 bits per heavy atom. The number of para-hydroxylation sites is 2. The Labute approximate surface area is 241 Å². The Morgan fingerprint density at radius 2 is 1.14 bits per heavy atom. The smallest absolute Gasteiger partial charge is 0.137 e. The molecule has 4 nitrogen and oxygen atoms in total. The molecule has 5 aromatic carbocycles. The average Bonchev–Trinajstić information content (AvgIpc) is 3.63. The second-order valence-corrected chi connectivity index (χ2v) is 10.7. The van der Waals surface area contributed by atoms with Gasteiger partial charge in [-0.1, -0.05) is 84.9 Å². The topological polar surface area (TPSA) is 43.3 Å². The van der Waals surface area contributed by atoms with E-state index in [-0.39, 0.29) is 0 Å². The lowest BCUT2D eigenvalue weighted by Crippen LogP contribution is -1.92. The van der Waals surface area contributed by atoms with Crippen molar-refractivity contribution in [2.24, 2.45) is 0 Å². The van der Waals surface area contributed by atoms with Crippen molar-refractivity contribution in [3.63, 3.8) is 0 Å². The first-order chi connectivity index (χ1) is 20.8. The molecule has 0 aliphatic carbocycles. The van der Waals surface area contributed by atoms with Gasteiger partial charge in [0, 0.05) is 27.9 Å². The van der Waals surface area contributed by atoms with Crippen LogP contribution in [0.3, 0.4) is 0 Å². The molecule has 0 atom stereocenters. The summed E-state index contributed by atoms with van der Waals surface area (Å²) in [6, 6.07) is 46.4. The molecule has 0 aliphatic heterocycles. The van der Waals surface area contributed by atoms with E-state index >= 15 is 0 Å². The van der Waals surface area contributed by atoms with E-state index in [0.29, 0.717) is 0 Å². The van der Waals surface area contributed by atoms with E-state index < -0.39 is 0 Å². The van der Waals surface area contributed by atoms with E-state index in [1.807, 2.05) is 42.5 Å². The lowest BCUT2D eigenvalue weighted by atomic mass is 9.96. The summed E-state index contributed by atoms with van der Waals surface area (Å²) < 4.78 is 8.20. The monoisotopic (exact) mass is 537 g/mol. The number of nitrogens with zero attached hydrogens (tertiary/aromatic N) is 3. The summed E-state index contributed by atoms with van der Waals surface area (Å²) in [6.07, 6.45) is 2.07. The Hall–Kier alpha value is -5.74. The van der Waals surface area contributed by atoms with Crippen molar-refractivity contribution in [2.45, 2.75) is 0 Å². The summed E-state index contributed by atoms with van der Waals surface area (Å²) in [6.45, 7) is 0. The van der Waals surface area contributed by atoms with E-state index in [4.69, 9.17) is 14.4 Å². The molecular formula is C38H23N3O. The summed E-state index contributed by atoms with van der Waals surface area (Å²) in [5.74, 6) is 0. The van der Waals surface area contributed by atoms with Crippen LogP contribution in [0.4, 0.5) is 0 Å². The van der Waals surface area contributed by atoms with Crippen LogP contribution in [-0.4, -0.2) is 14.4 Å². The van der Waals surface area contributed by atoms with E-state index in [0.717, 1.165) is 83.0 Å². The molecule has 42 heavy (non-hydrogen) atoms. The van der Waals surface area contributed by atoms with Crippen LogP contribution in [0.2, 0.25) is 0 Å². The highest BCUT2D eigenvalue weighted by Gasteiger charge is 2.17. The standard InChI is InChI=1S/C38H23N3O/c1-3-15-32-30(14-1)37-38(41-20-6-5-17-35(41)40-37)36(39-32)28-12-8-11-26(22-28)24-9-7-10-25(21-24)27-18-19-34-31(23-27)29-13-2-4-16-33(29)42-34/h1-23H. The third kappa shape index (κ3) is 3.49. The zero-order valence-corrected chi connectivity index (χ0v) is 22.5. The highest BCUT2D eigenvalue weighted by Crippen LogP contribution is 2.36. The Bertz CT molecular complexity index is 2480. The summed E-state index contributed by atoms with van der Waals surface area (Å²) in [4.78, 5) is 10.2. The fraction of sp³-hybridized carbons (Fsp3) is 0. The van der Waals surface area contributed by atoms with Gasteiger partial charge in [0.2, 0.25) is 0 Å². The molecule has 4 aromatic heterocycles. The van der Waals surface area contributed by atoms with Gasteiger partial charge >= 0.3 is 0 Å². The van der Waals surface area contributed by atoms with E-state index in [2.05, 4.69) is 102 Å². The lowest BCUT2D eigenvalue weighted by molar-refractivity contribution is 0.669. The van der Waals surface area contributed by atoms with Crippen LogP contribution in [0.25, 0.3) is 83.0 Å². The molecule has 0 saturated heterocycles. The molecule has 0 fully saturated rings. The second-order valence-electron chi connectivity index (χ2n) is 10.7. The molecule has 4 heteroatoms. The highest BCUT2D eigenvalue weighted by atomic mass is 16.3. The summed E-state index contributed by atoms with van der Waals surface area (Å²) >= 11 is 0. The van der Waals surface area contributed by atoms with Gasteiger partial charge in [-0.05, 0) is 70.8 Å². The lowest BCUT2D eigenvalue weighted by Gasteiger charge is -2.10. The predicted octanol–water partition coefficient (Wildman–Crippen LogP) is 9.94. The van der Waals surface area contributed by atoms with Crippen LogP contribution in [0, 0.1) is 0 Å². The van der Waals surface area contributed by atoms with Crippen molar-refractivity contribution in [1.82, 2.24) is 14.4 Å². The first-order valence-electron chi connectivity index (χ1n) is 14.1. The maximum atomic E-state index is 6.06. The van der Waals surface area contributed by atoms with E-state index in [1.54, 1.807) is 0 Å². The molecule has 0 unspecified atom stereocenters. The molecule has 9 aromatic rings. The minimum absolute atomic E-state index is 0.908. The number of aromatic nitrogens is 3. The van der Waals surface area contributed by atoms with Crippen molar-refractivity contribution < 1.29 is 4.42 Å². The van der Waals surface area contributed by atoms with E-state index in [9.17, 15) is 0 Å². The SMILES string of the molecule is c1cc(-c2cccc(-c3nc4ccccc4c4nc5ccccn5c34)c2)cc(-c2ccc3oc4ccccc4c3c2)c1. The van der Waals surface area contributed by atoms with Crippen molar-refractivity contribution in [3.05, 3.63) is 140 Å². The molecule has 0 N–H and O–H groups in total. The maximum absolute atomic E-state index is 6.06. The molecular weight excluding hydrogens is 514 g/mol. The van der Waals surface area contributed by atoms with Gasteiger partial charge in [-0.2, -0.15) is 0 Å². The quantitative estimate of drug-likeness (QED) is 0.225. The van der Waals surface area contributed by atoms with Gasteiger partial charge in [-0.3, -0.25) is 4.40 Å². The van der Waals surface area contributed by atoms with Crippen molar-refractivity contribution in [3.8, 4) is 33.5 Å². The first kappa shape index (κ1) is 23.0. The number of rotatable bonds is 3. The summed E-state index contributed by atoms with van der Waals surface area (Å²) in [7, 11) is 0. The van der Waals surface area contributed by atoms with Crippen LogP contribution < -0.4 is 0 Å². The molecule has 0 saturated carbocycles. The van der Waals surface area contributed by atoms with Gasteiger partial charge in [0.05, 0.1) is 16.7 Å². The molecule has 196 valence electrons. The third-order valence-electron chi connectivity index (χ3n) is 8.19. The Morgan fingerprint density at radius 1 is 0.476 bits per heavy atom. The number of imidazole rings is 1. The number of benzene rings is 5. The number of hydrogen-bond donors (Lipinski definition) is 0. The number of furan rings is 1. The molecule has 0 spiro atoms. The maximum Gasteiger partial charge on any atom is 0.137 e. The van der Waals surface area contributed by atoms with Crippen LogP contribution >= 0.6 is 0 Å². The van der Waals surface area contributed by atoms with Gasteiger partial charge in [-0.15, -0.1) is 0 Å². The molecule has 0 aliphatic rings. The zero-order valence-electron chi connectivity index (χ0n) is 22.5. The highest BCUT2D eigenvalue weighted by molar-refractivity contribution is 6.09. The van der Waals surface area contributed by atoms with Crippen LogP contribution in [0.5, 0.6) is 0 Å². The second kappa shape index (κ2) is 8.88. The van der Waals surface area contributed by atoms with Crippen LogP contribution in [0.1, 0.15) is 0 Å². The minimum Gasteiger partial charge on any atom is -0.456 e. The molecule has 0 amide bonds. The molecule has 0 bridgehead atoms. The number of fused-ring (bicyclic) bond motifs is 8. The van der Waals surface area contributed by atoms with Crippen molar-refractivity contribution in [2.75, 3.05) is 0 Å². The molecule has 9 rings (SSSR count). The van der Waals surface area contributed by atoms with Gasteiger partial charge in [0.15, 0.2) is 0 Å². The number of pyridine rings is 2. The normalized spacial score (nSPS) is 11.8. The molecule has 0 radical (unpaired) electrons. The number of hydrogen-bond acceptors (Lipinski definition) is 3. The summed E-state index contributed by atoms with van der Waals surface area (Å²) in [5.41, 5.74) is 12.3. The van der Waals surface area contributed by atoms with Crippen LogP contribution in [0.15, 0.2) is 144 Å². The van der Waals surface area contributed by atoms with Crippen molar-refractivity contribution in [1.29, 1.82) is 0 Å². The first-order valence-corrected chi connectivity index (χ1v) is 14.1. The van der Waals surface area contributed by atoms with E-state index in [1.165, 1.54) is 0 Å². The average molecular weight is 538 g/mol. The Kier molecular flexibility index (Phi) is 4.87. The largest absolute Gasteiger partial charge is 0.456 e. The summed E-state index contributed by atoms with van der Waals surface area (Å²) in [5, 5.41) is 3.33. The third-order valence-corrected chi connectivity index (χ3v) is 8.19. The fourth-order valence-corrected chi connectivity index (χ4v) is 6.19. The van der Waals surface area contributed by atoms with Crippen molar-refractivity contribution >= 4 is 49.5 Å². The molecule has 4 heterocycles. The van der Waals surface area contributed by atoms with Crippen LogP contribution in [-0.2, 0) is 0 Å². The van der Waals surface area contributed by atoms with Gasteiger partial charge < -0.3 is 4.42 Å². The minimum atomic E-state index is 0.908. The van der Waals surface area contributed by atoms with Gasteiger partial charge in [0.1, 0.15) is 22.3 Å². The Balaban J connectivity index is 1.19. The van der Waals surface area contributed by atoms with Gasteiger partial charge in [-0.25, -0.2) is 9.97 Å². The zero-order chi connectivity index (χ0) is 27.6.